The van der Waals surface area contributed by atoms with Gasteiger partial charge in [0.15, 0.2) is 5.13 Å². The van der Waals surface area contributed by atoms with E-state index < -0.39 is 0 Å². The van der Waals surface area contributed by atoms with Crippen LogP contribution in [0.4, 0.5) is 5.13 Å². The number of nitrogens with zero attached hydrogens (tertiary/aromatic N) is 1. The van der Waals surface area contributed by atoms with E-state index in [0.29, 0.717) is 27.2 Å². The smallest absolute Gasteiger partial charge is 0.261 e. The molecule has 1 aromatic carbocycles. The van der Waals surface area contributed by atoms with Crippen LogP contribution in [0.1, 0.15) is 9.67 Å². The molecule has 0 bridgehead atoms. The average molecular weight is 403 g/mol. The Morgan fingerprint density at radius 3 is 2.70 bits per heavy atom. The number of carbonyl (C=O) groups excluding carboxylic acids is 2. The molecule has 0 fully saturated rings. The Morgan fingerprint density at radius 2 is 2.00 bits per heavy atom. The summed E-state index contributed by atoms with van der Waals surface area (Å²) in [7, 11) is 3.17. The Kier molecular flexibility index (Phi) is 6.05. The first-order chi connectivity index (χ1) is 13.1. The molecular formula is C18H17N3O4S2. The summed E-state index contributed by atoms with van der Waals surface area (Å²) >= 11 is 2.61. The lowest BCUT2D eigenvalue weighted by Crippen LogP contribution is -2.32. The minimum Gasteiger partial charge on any atom is -0.497 e. The predicted octanol–water partition coefficient (Wildman–Crippen LogP) is 3.26. The molecule has 3 rings (SSSR count). The molecule has 0 aliphatic rings. The van der Waals surface area contributed by atoms with Crippen LogP contribution >= 0.6 is 22.7 Å². The number of rotatable bonds is 7. The number of anilines is 1. The molecule has 3 aromatic rings. The highest BCUT2D eigenvalue weighted by atomic mass is 32.1. The van der Waals surface area contributed by atoms with Gasteiger partial charge in [-0.25, -0.2) is 4.98 Å². The van der Waals surface area contributed by atoms with E-state index >= 15 is 0 Å². The molecule has 7 nitrogen and oxygen atoms in total. The second-order valence-corrected chi connectivity index (χ2v) is 7.12. The van der Waals surface area contributed by atoms with E-state index in [1.807, 2.05) is 11.4 Å². The molecule has 27 heavy (non-hydrogen) atoms. The van der Waals surface area contributed by atoms with Crippen LogP contribution in [0.25, 0.3) is 11.3 Å². The van der Waals surface area contributed by atoms with Crippen molar-refractivity contribution in [3.63, 3.8) is 0 Å². The number of ether oxygens (including phenoxy) is 2. The van der Waals surface area contributed by atoms with Gasteiger partial charge in [-0.1, -0.05) is 6.07 Å². The zero-order valence-corrected chi connectivity index (χ0v) is 16.3. The Balaban J connectivity index is 1.64. The Hall–Kier alpha value is -2.91. The van der Waals surface area contributed by atoms with Gasteiger partial charge in [0.05, 0.1) is 31.3 Å². The molecule has 0 saturated carbocycles. The molecule has 0 saturated heterocycles. The number of hydrogen-bond donors (Lipinski definition) is 2. The van der Waals surface area contributed by atoms with Gasteiger partial charge in [0.1, 0.15) is 11.5 Å². The van der Waals surface area contributed by atoms with Gasteiger partial charge in [-0.05, 0) is 29.6 Å². The molecule has 0 atom stereocenters. The van der Waals surface area contributed by atoms with Crippen LogP contribution in [0.15, 0.2) is 41.1 Å². The molecule has 2 N–H and O–H groups in total. The van der Waals surface area contributed by atoms with Crippen LogP contribution in [0.5, 0.6) is 11.5 Å². The number of hydrogen-bond acceptors (Lipinski definition) is 7. The Labute approximate surface area is 164 Å². The predicted molar refractivity (Wildman–Crippen MR) is 106 cm³/mol. The number of nitrogens with one attached hydrogen (secondary N) is 2. The summed E-state index contributed by atoms with van der Waals surface area (Å²) < 4.78 is 10.6. The average Bonchev–Trinajstić information content (AvgIpc) is 3.37. The third-order valence-electron chi connectivity index (χ3n) is 3.59. The van der Waals surface area contributed by atoms with Crippen LogP contribution in [-0.2, 0) is 4.79 Å². The summed E-state index contributed by atoms with van der Waals surface area (Å²) in [5, 5.41) is 9.32. The van der Waals surface area contributed by atoms with Crippen LogP contribution < -0.4 is 20.1 Å². The lowest BCUT2D eigenvalue weighted by Gasteiger charge is -2.08. The van der Waals surface area contributed by atoms with Crippen molar-refractivity contribution < 1.29 is 19.1 Å². The molecule has 2 aromatic heterocycles. The summed E-state index contributed by atoms with van der Waals surface area (Å²) in [6, 6.07) is 8.90. The molecule has 0 aliphatic carbocycles. The van der Waals surface area contributed by atoms with Gasteiger partial charge in [0.2, 0.25) is 5.91 Å². The van der Waals surface area contributed by atoms with E-state index in [2.05, 4.69) is 15.6 Å². The number of thiazole rings is 1. The quantitative estimate of drug-likeness (QED) is 0.632. The Morgan fingerprint density at radius 1 is 1.15 bits per heavy atom. The molecule has 0 unspecified atom stereocenters. The zero-order valence-electron chi connectivity index (χ0n) is 14.6. The van der Waals surface area contributed by atoms with E-state index in [1.165, 1.54) is 22.7 Å². The van der Waals surface area contributed by atoms with Gasteiger partial charge in [0.25, 0.3) is 5.91 Å². The van der Waals surface area contributed by atoms with Crippen LogP contribution in [-0.4, -0.2) is 37.6 Å². The summed E-state index contributed by atoms with van der Waals surface area (Å²) in [5.74, 6) is 0.711. The maximum absolute atomic E-state index is 12.1. The Bertz CT molecular complexity index is 938. The third-order valence-corrected chi connectivity index (χ3v) is 5.21. The number of benzene rings is 1. The van der Waals surface area contributed by atoms with Gasteiger partial charge in [-0.3, -0.25) is 9.59 Å². The second kappa shape index (κ2) is 8.65. The molecule has 0 radical (unpaired) electrons. The van der Waals surface area contributed by atoms with E-state index in [9.17, 15) is 9.59 Å². The van der Waals surface area contributed by atoms with Crippen molar-refractivity contribution in [3.05, 3.63) is 46.0 Å². The first kappa shape index (κ1) is 18.9. The molecule has 2 amide bonds. The summed E-state index contributed by atoms with van der Waals surface area (Å²) in [6.45, 7) is -0.131. The van der Waals surface area contributed by atoms with Crippen molar-refractivity contribution in [2.75, 3.05) is 26.1 Å². The van der Waals surface area contributed by atoms with Crippen molar-refractivity contribution in [1.82, 2.24) is 10.3 Å². The monoisotopic (exact) mass is 403 g/mol. The molecule has 0 spiro atoms. The van der Waals surface area contributed by atoms with E-state index in [-0.39, 0.29) is 18.4 Å². The zero-order chi connectivity index (χ0) is 19.2. The van der Waals surface area contributed by atoms with Gasteiger partial charge < -0.3 is 20.1 Å². The maximum Gasteiger partial charge on any atom is 0.261 e. The second-order valence-electron chi connectivity index (χ2n) is 5.31. The number of methoxy groups -OCH3 is 2. The lowest BCUT2D eigenvalue weighted by atomic mass is 10.1. The maximum atomic E-state index is 12.1. The van der Waals surface area contributed by atoms with Crippen LogP contribution in [0, 0.1) is 0 Å². The minimum absolute atomic E-state index is 0.131. The van der Waals surface area contributed by atoms with E-state index in [1.54, 1.807) is 43.9 Å². The molecule has 0 aliphatic heterocycles. The number of amides is 2. The largest absolute Gasteiger partial charge is 0.497 e. The highest BCUT2D eigenvalue weighted by molar-refractivity contribution is 7.14. The summed E-state index contributed by atoms with van der Waals surface area (Å²) in [6.07, 6.45) is 0. The van der Waals surface area contributed by atoms with Gasteiger partial charge >= 0.3 is 0 Å². The fourth-order valence-electron chi connectivity index (χ4n) is 2.29. The standard InChI is InChI=1S/C18H17N3O4S2/c1-24-11-5-6-14(25-2)12(8-11)13-10-27-18(20-13)21-16(22)9-19-17(23)15-4-3-7-26-15/h3-8,10H,9H2,1-2H3,(H,19,23)(H,20,21,22). The summed E-state index contributed by atoms with van der Waals surface area (Å²) in [5.41, 5.74) is 1.42. The molecule has 2 heterocycles. The van der Waals surface area contributed by atoms with Gasteiger partial charge in [-0.2, -0.15) is 0 Å². The van der Waals surface area contributed by atoms with Crippen molar-refractivity contribution in [3.8, 4) is 22.8 Å². The fourth-order valence-corrected chi connectivity index (χ4v) is 3.65. The highest BCUT2D eigenvalue weighted by Gasteiger charge is 2.14. The molecule has 9 heteroatoms. The van der Waals surface area contributed by atoms with E-state index in [0.717, 1.165) is 5.56 Å². The van der Waals surface area contributed by atoms with Crippen molar-refractivity contribution in [1.29, 1.82) is 0 Å². The van der Waals surface area contributed by atoms with Crippen molar-refractivity contribution in [2.24, 2.45) is 0 Å². The van der Waals surface area contributed by atoms with Crippen molar-refractivity contribution >= 4 is 39.6 Å². The lowest BCUT2D eigenvalue weighted by molar-refractivity contribution is -0.115. The van der Waals surface area contributed by atoms with Crippen LogP contribution in [0.2, 0.25) is 0 Å². The highest BCUT2D eigenvalue weighted by Crippen LogP contribution is 2.34. The third kappa shape index (κ3) is 4.63. The van der Waals surface area contributed by atoms with Gasteiger partial charge in [-0.15, -0.1) is 22.7 Å². The molecule has 140 valence electrons. The first-order valence-electron chi connectivity index (χ1n) is 7.90. The first-order valence-corrected chi connectivity index (χ1v) is 9.66. The van der Waals surface area contributed by atoms with Crippen molar-refractivity contribution in [2.45, 2.75) is 0 Å². The number of aromatic nitrogens is 1. The van der Waals surface area contributed by atoms with E-state index in [4.69, 9.17) is 9.47 Å². The topological polar surface area (TPSA) is 89.5 Å². The summed E-state index contributed by atoms with van der Waals surface area (Å²) in [4.78, 5) is 28.9. The number of thiophene rings is 1. The fraction of sp³-hybridized carbons (Fsp3) is 0.167. The number of carbonyl (C=O) groups is 2. The SMILES string of the molecule is COc1ccc(OC)c(-c2csc(NC(=O)CNC(=O)c3cccs3)n2)c1. The molecular weight excluding hydrogens is 386 g/mol. The van der Waals surface area contributed by atoms with Gasteiger partial charge in [0, 0.05) is 10.9 Å². The van der Waals surface area contributed by atoms with Crippen LogP contribution in [0.3, 0.4) is 0 Å². The normalized spacial score (nSPS) is 10.3. The minimum atomic E-state index is -0.349.